The summed E-state index contributed by atoms with van der Waals surface area (Å²) in [6, 6.07) is 36.4. The normalized spacial score (nSPS) is 11.7. The third-order valence-corrected chi connectivity index (χ3v) is 7.21. The number of rotatable bonds is 2. The molecule has 5 nitrogen and oxygen atoms in total. The molecule has 0 bridgehead atoms. The molecule has 0 fully saturated rings. The maximum Gasteiger partial charge on any atom is 0.235 e. The second-order valence-electron chi connectivity index (χ2n) is 9.37. The molecule has 5 aromatic carbocycles. The van der Waals surface area contributed by atoms with Crippen LogP contribution in [0.15, 0.2) is 114 Å². The van der Waals surface area contributed by atoms with Crippen molar-refractivity contribution in [1.82, 2.24) is 14.5 Å². The average Bonchev–Trinajstić information content (AvgIpc) is 3.50. The first-order chi connectivity index (χ1) is 18.8. The lowest BCUT2D eigenvalue weighted by Crippen LogP contribution is -2.03. The van der Waals surface area contributed by atoms with Crippen LogP contribution in [0, 0.1) is 6.57 Å². The molecule has 8 rings (SSSR count). The number of hydrogen-bond acceptors (Lipinski definition) is 3. The van der Waals surface area contributed by atoms with Gasteiger partial charge in [0.1, 0.15) is 11.2 Å². The number of hydrogen-bond donors (Lipinski definition) is 0. The Hall–Kier alpha value is -5.47. The molecule has 3 heterocycles. The Balaban J connectivity index is 1.51. The summed E-state index contributed by atoms with van der Waals surface area (Å²) in [6.07, 6.45) is 0. The third kappa shape index (κ3) is 2.92. The van der Waals surface area contributed by atoms with Crippen LogP contribution in [0.4, 0.5) is 5.69 Å². The van der Waals surface area contributed by atoms with Gasteiger partial charge in [-0.15, -0.1) is 0 Å². The van der Waals surface area contributed by atoms with Gasteiger partial charge in [-0.1, -0.05) is 72.8 Å². The van der Waals surface area contributed by atoms with Gasteiger partial charge < -0.3 is 4.42 Å². The summed E-state index contributed by atoms with van der Waals surface area (Å²) in [5.74, 6) is 0.588. The summed E-state index contributed by atoms with van der Waals surface area (Å²) in [7, 11) is 0. The predicted molar refractivity (Wildman–Crippen MR) is 153 cm³/mol. The molecule has 0 N–H and O–H groups in total. The number of fused-ring (bicyclic) bond motifs is 7. The molecule has 0 aliphatic rings. The van der Waals surface area contributed by atoms with E-state index in [1.807, 2.05) is 72.8 Å². The van der Waals surface area contributed by atoms with Crippen LogP contribution >= 0.6 is 0 Å². The van der Waals surface area contributed by atoms with Crippen molar-refractivity contribution in [3.05, 3.63) is 121 Å². The van der Waals surface area contributed by atoms with Crippen LogP contribution in [0.5, 0.6) is 0 Å². The fraction of sp³-hybridized carbons (Fsp3) is 0. The van der Waals surface area contributed by atoms with E-state index in [1.165, 1.54) is 0 Å². The van der Waals surface area contributed by atoms with Crippen LogP contribution in [-0.4, -0.2) is 14.5 Å². The molecule has 0 saturated carbocycles. The van der Waals surface area contributed by atoms with Crippen molar-refractivity contribution in [3.63, 3.8) is 0 Å². The van der Waals surface area contributed by atoms with Gasteiger partial charge in [0.05, 0.1) is 28.8 Å². The lowest BCUT2D eigenvalue weighted by atomic mass is 10.1. The molecule has 5 heteroatoms. The Bertz CT molecular complexity index is 2270. The Morgan fingerprint density at radius 2 is 1.39 bits per heavy atom. The minimum absolute atomic E-state index is 0.581. The zero-order chi connectivity index (χ0) is 25.2. The van der Waals surface area contributed by atoms with Gasteiger partial charge in [0, 0.05) is 26.9 Å². The summed E-state index contributed by atoms with van der Waals surface area (Å²) in [5.41, 5.74) is 6.89. The lowest BCUT2D eigenvalue weighted by molar-refractivity contribution is 0.669. The molecule has 0 amide bonds. The quantitative estimate of drug-likeness (QED) is 0.229. The topological polar surface area (TPSA) is 48.2 Å². The maximum atomic E-state index is 7.49. The van der Waals surface area contributed by atoms with Gasteiger partial charge in [-0.05, 0) is 42.0 Å². The fourth-order valence-electron chi connectivity index (χ4n) is 5.51. The first-order valence-corrected chi connectivity index (χ1v) is 12.4. The fourth-order valence-corrected chi connectivity index (χ4v) is 5.51. The van der Waals surface area contributed by atoms with Crippen molar-refractivity contribution >= 4 is 60.3 Å². The second-order valence-corrected chi connectivity index (χ2v) is 9.37. The third-order valence-electron chi connectivity index (χ3n) is 7.21. The summed E-state index contributed by atoms with van der Waals surface area (Å²) in [6.45, 7) is 7.49. The van der Waals surface area contributed by atoms with Crippen LogP contribution in [0.3, 0.4) is 0 Å². The Morgan fingerprint density at radius 3 is 2.29 bits per heavy atom. The van der Waals surface area contributed by atoms with E-state index in [2.05, 4.69) is 45.8 Å². The van der Waals surface area contributed by atoms with Gasteiger partial charge in [0.25, 0.3) is 0 Å². The summed E-state index contributed by atoms with van der Waals surface area (Å²) in [5, 5.41) is 5.28. The van der Waals surface area contributed by atoms with Crippen molar-refractivity contribution in [2.75, 3.05) is 0 Å². The van der Waals surface area contributed by atoms with Gasteiger partial charge >= 0.3 is 0 Å². The molecule has 0 spiro atoms. The molecule has 0 atom stereocenters. The largest absolute Gasteiger partial charge is 0.456 e. The molecular formula is C33H18N4O. The monoisotopic (exact) mass is 486 g/mol. The maximum absolute atomic E-state index is 7.49. The highest BCUT2D eigenvalue weighted by molar-refractivity contribution is 6.17. The minimum Gasteiger partial charge on any atom is -0.456 e. The Kier molecular flexibility index (Phi) is 4.23. The van der Waals surface area contributed by atoms with Crippen LogP contribution in [0.2, 0.25) is 0 Å². The highest BCUT2D eigenvalue weighted by Gasteiger charge is 2.19. The van der Waals surface area contributed by atoms with E-state index < -0.39 is 0 Å². The van der Waals surface area contributed by atoms with Crippen molar-refractivity contribution in [1.29, 1.82) is 0 Å². The van der Waals surface area contributed by atoms with Gasteiger partial charge in [-0.2, -0.15) is 0 Å². The predicted octanol–water partition coefficient (Wildman–Crippen LogP) is 8.84. The summed E-state index contributed by atoms with van der Waals surface area (Å²) in [4.78, 5) is 13.8. The molecule has 0 radical (unpaired) electrons. The zero-order valence-corrected chi connectivity index (χ0v) is 20.1. The number of nitrogens with zero attached hydrogens (tertiary/aromatic N) is 4. The van der Waals surface area contributed by atoms with Crippen LogP contribution in [0.1, 0.15) is 0 Å². The SMILES string of the molecule is [C-]#[N+]c1cccc(-c2nc(-n3c4ccccc4c4cc5oc6ccccc6c5cc43)nc3ccccc23)c1. The second kappa shape index (κ2) is 7.76. The van der Waals surface area contributed by atoms with Crippen LogP contribution < -0.4 is 0 Å². The van der Waals surface area contributed by atoms with Crippen molar-refractivity contribution in [2.24, 2.45) is 0 Å². The highest BCUT2D eigenvalue weighted by atomic mass is 16.3. The molecule has 0 unspecified atom stereocenters. The van der Waals surface area contributed by atoms with E-state index in [0.717, 1.165) is 65.9 Å². The lowest BCUT2D eigenvalue weighted by Gasteiger charge is -2.12. The number of para-hydroxylation sites is 3. The van der Waals surface area contributed by atoms with Crippen molar-refractivity contribution in [3.8, 4) is 17.2 Å². The smallest absolute Gasteiger partial charge is 0.235 e. The van der Waals surface area contributed by atoms with Crippen molar-refractivity contribution in [2.45, 2.75) is 0 Å². The molecule has 0 saturated heterocycles. The number of benzene rings is 5. The first-order valence-electron chi connectivity index (χ1n) is 12.4. The molecule has 0 aliphatic heterocycles. The van der Waals surface area contributed by atoms with Gasteiger partial charge in [0.15, 0.2) is 5.69 Å². The highest BCUT2D eigenvalue weighted by Crippen LogP contribution is 2.38. The standard InChI is InChI=1S/C33H18N4O/c1-34-21-10-8-9-20(17-21)32-24-13-2-5-14-27(24)35-33(36-32)37-28-15-6-3-11-22(28)25-19-31-26(18-29(25)37)23-12-4-7-16-30(23)38-31/h2-19H. The van der Waals surface area contributed by atoms with Crippen LogP contribution in [0.25, 0.3) is 76.7 Å². The van der Waals surface area contributed by atoms with E-state index in [0.29, 0.717) is 11.6 Å². The first kappa shape index (κ1) is 20.7. The average molecular weight is 487 g/mol. The van der Waals surface area contributed by atoms with E-state index in [4.69, 9.17) is 21.0 Å². The van der Waals surface area contributed by atoms with Gasteiger partial charge in [0.2, 0.25) is 5.95 Å². The Labute approximate surface area is 217 Å². The summed E-state index contributed by atoms with van der Waals surface area (Å²) >= 11 is 0. The van der Waals surface area contributed by atoms with Gasteiger partial charge in [-0.3, -0.25) is 4.57 Å². The summed E-state index contributed by atoms with van der Waals surface area (Å²) < 4.78 is 8.36. The van der Waals surface area contributed by atoms with E-state index >= 15 is 0 Å². The number of aromatic nitrogens is 3. The molecule has 176 valence electrons. The number of furan rings is 1. The molecule has 0 aliphatic carbocycles. The van der Waals surface area contributed by atoms with Crippen molar-refractivity contribution < 1.29 is 4.42 Å². The molecule has 38 heavy (non-hydrogen) atoms. The molecular weight excluding hydrogens is 468 g/mol. The minimum atomic E-state index is 0.581. The molecule has 3 aromatic heterocycles. The van der Waals surface area contributed by atoms with Gasteiger partial charge in [-0.25, -0.2) is 14.8 Å². The van der Waals surface area contributed by atoms with E-state index in [9.17, 15) is 0 Å². The van der Waals surface area contributed by atoms with E-state index in [1.54, 1.807) is 0 Å². The Morgan fingerprint density at radius 1 is 0.605 bits per heavy atom. The zero-order valence-electron chi connectivity index (χ0n) is 20.1. The van der Waals surface area contributed by atoms with E-state index in [-0.39, 0.29) is 0 Å². The molecule has 8 aromatic rings. The van der Waals surface area contributed by atoms with Crippen LogP contribution in [-0.2, 0) is 0 Å².